The maximum atomic E-state index is 12.5. The third-order valence-corrected chi connectivity index (χ3v) is 6.15. The van der Waals surface area contributed by atoms with Gasteiger partial charge < -0.3 is 9.30 Å². The number of halogens is 1. The summed E-state index contributed by atoms with van der Waals surface area (Å²) in [6.45, 7) is 7.07. The number of alkyl halides is 1. The third kappa shape index (κ3) is 4.54. The summed E-state index contributed by atoms with van der Waals surface area (Å²) in [5.41, 5.74) is 3.90. The molecule has 7 nitrogen and oxygen atoms in total. The van der Waals surface area contributed by atoms with Crippen LogP contribution in [0.3, 0.4) is 0 Å². The van der Waals surface area contributed by atoms with Crippen molar-refractivity contribution in [1.29, 1.82) is 0 Å². The Morgan fingerprint density at radius 3 is 2.78 bits per heavy atom. The van der Waals surface area contributed by atoms with Crippen molar-refractivity contribution < 1.29 is 4.74 Å². The molecule has 1 N–H and O–H groups in total. The Bertz CT molecular complexity index is 1290. The van der Waals surface area contributed by atoms with Crippen LogP contribution < -0.4 is 11.2 Å². The van der Waals surface area contributed by atoms with Crippen molar-refractivity contribution in [1.82, 2.24) is 19.5 Å². The molecule has 2 aliphatic heterocycles. The van der Waals surface area contributed by atoms with Crippen LogP contribution in [-0.2, 0) is 17.7 Å². The fraction of sp³-hybridized carbons (Fsp3) is 0.417. The summed E-state index contributed by atoms with van der Waals surface area (Å²) in [5.74, 6) is 0.272. The highest BCUT2D eigenvalue weighted by atomic mass is 35.5. The second-order valence-electron chi connectivity index (χ2n) is 8.06. The first-order chi connectivity index (χ1) is 15.4. The molecule has 0 amide bonds. The summed E-state index contributed by atoms with van der Waals surface area (Å²) >= 11 is 6.17. The molecular formula is C24H27ClN4O3. The van der Waals surface area contributed by atoms with Gasteiger partial charge >= 0.3 is 5.69 Å². The van der Waals surface area contributed by atoms with Crippen LogP contribution in [0.15, 0.2) is 45.5 Å². The van der Waals surface area contributed by atoms with Crippen LogP contribution in [0.4, 0.5) is 0 Å². The SMILES string of the molecule is CCOC(CC1=CCC(Cl)C=C1)Cn1c2nc(=O)[nH]c(=O)c-2nc2cc(CC)c(C)cc21. The van der Waals surface area contributed by atoms with Gasteiger partial charge in [-0.05, 0) is 55.5 Å². The average Bonchev–Trinajstić information content (AvgIpc) is 2.76. The van der Waals surface area contributed by atoms with E-state index in [2.05, 4.69) is 40.9 Å². The van der Waals surface area contributed by atoms with E-state index in [0.717, 1.165) is 35.1 Å². The molecule has 0 radical (unpaired) electrons. The van der Waals surface area contributed by atoms with Gasteiger partial charge in [-0.1, -0.05) is 25.2 Å². The van der Waals surface area contributed by atoms with E-state index in [1.54, 1.807) is 0 Å². The lowest BCUT2D eigenvalue weighted by atomic mass is 10.0. The maximum absolute atomic E-state index is 12.5. The summed E-state index contributed by atoms with van der Waals surface area (Å²) in [5, 5.41) is 0.0221. The molecule has 0 spiro atoms. The highest BCUT2D eigenvalue weighted by Crippen LogP contribution is 2.27. The zero-order chi connectivity index (χ0) is 22.8. The van der Waals surface area contributed by atoms with Crippen molar-refractivity contribution in [2.24, 2.45) is 0 Å². The number of allylic oxidation sites excluding steroid dienone is 3. The second kappa shape index (κ2) is 9.38. The van der Waals surface area contributed by atoms with Gasteiger partial charge in [0, 0.05) is 13.0 Å². The van der Waals surface area contributed by atoms with E-state index in [1.807, 2.05) is 29.7 Å². The Balaban J connectivity index is 1.85. The fourth-order valence-electron chi connectivity index (χ4n) is 4.22. The number of rotatable bonds is 7. The molecular weight excluding hydrogens is 428 g/mol. The number of hydrogen-bond acceptors (Lipinski definition) is 5. The Kier molecular flexibility index (Phi) is 6.58. The van der Waals surface area contributed by atoms with Gasteiger partial charge in [0.05, 0.1) is 29.1 Å². The molecule has 2 atom stereocenters. The molecule has 0 fully saturated rings. The van der Waals surface area contributed by atoms with Gasteiger partial charge in [0.25, 0.3) is 5.56 Å². The van der Waals surface area contributed by atoms with E-state index < -0.39 is 11.2 Å². The smallest absolute Gasteiger partial charge is 0.349 e. The molecule has 1 aromatic carbocycles. The molecule has 1 aromatic rings. The van der Waals surface area contributed by atoms with Gasteiger partial charge in [0.1, 0.15) is 0 Å². The summed E-state index contributed by atoms with van der Waals surface area (Å²) in [6.07, 6.45) is 8.32. The standard InChI is InChI=1S/C24H27ClN4O3/c1-4-16-12-19-20(10-14(16)3)29(22-21(26-19)23(30)28-24(31)27-22)13-18(32-5-2)11-15-6-8-17(25)9-7-15/h6-8,10,12,17-18H,4-5,9,11,13H2,1-3H3,(H,28,30,31). The molecule has 0 bridgehead atoms. The largest absolute Gasteiger partial charge is 0.376 e. The lowest BCUT2D eigenvalue weighted by molar-refractivity contribution is 0.0522. The predicted octanol–water partition coefficient (Wildman–Crippen LogP) is 3.74. The molecule has 0 saturated heterocycles. The van der Waals surface area contributed by atoms with E-state index >= 15 is 0 Å². The summed E-state index contributed by atoms with van der Waals surface area (Å²) in [4.78, 5) is 35.5. The predicted molar refractivity (Wildman–Crippen MR) is 127 cm³/mol. The molecule has 0 saturated carbocycles. The van der Waals surface area contributed by atoms with Crippen molar-refractivity contribution in [2.45, 2.75) is 58.1 Å². The topological polar surface area (TPSA) is 89.9 Å². The Morgan fingerprint density at radius 1 is 1.28 bits per heavy atom. The van der Waals surface area contributed by atoms with E-state index in [-0.39, 0.29) is 23.0 Å². The molecule has 0 aromatic heterocycles. The van der Waals surface area contributed by atoms with Gasteiger partial charge in [-0.3, -0.25) is 9.78 Å². The van der Waals surface area contributed by atoms with Gasteiger partial charge in [0.15, 0.2) is 11.5 Å². The van der Waals surface area contributed by atoms with Crippen LogP contribution in [0.2, 0.25) is 0 Å². The molecule has 168 valence electrons. The highest BCUT2D eigenvalue weighted by Gasteiger charge is 2.22. The van der Waals surface area contributed by atoms with E-state index in [4.69, 9.17) is 16.3 Å². The normalized spacial score (nSPS) is 17.1. The number of aromatic amines is 1. The Hall–Kier alpha value is -2.77. The monoisotopic (exact) mass is 454 g/mol. The highest BCUT2D eigenvalue weighted by molar-refractivity contribution is 6.22. The quantitative estimate of drug-likeness (QED) is 0.434. The average molecular weight is 455 g/mol. The molecule has 32 heavy (non-hydrogen) atoms. The molecule has 2 unspecified atom stereocenters. The van der Waals surface area contributed by atoms with Crippen molar-refractivity contribution in [3.05, 3.63) is 67.9 Å². The number of fused-ring (bicyclic) bond motifs is 2. The van der Waals surface area contributed by atoms with Crippen LogP contribution in [-0.4, -0.2) is 37.6 Å². The first-order valence-corrected chi connectivity index (χ1v) is 11.4. The van der Waals surface area contributed by atoms with Crippen LogP contribution in [0, 0.1) is 6.92 Å². The lowest BCUT2D eigenvalue weighted by Crippen LogP contribution is -2.31. The van der Waals surface area contributed by atoms with Gasteiger partial charge in [-0.15, -0.1) is 11.6 Å². The number of nitrogens with one attached hydrogen (secondary N) is 1. The van der Waals surface area contributed by atoms with Crippen LogP contribution >= 0.6 is 11.6 Å². The zero-order valence-electron chi connectivity index (χ0n) is 18.5. The number of hydrogen-bond donors (Lipinski definition) is 1. The van der Waals surface area contributed by atoms with E-state index in [1.165, 1.54) is 0 Å². The maximum Gasteiger partial charge on any atom is 0.349 e. The van der Waals surface area contributed by atoms with Crippen molar-refractivity contribution >= 4 is 22.6 Å². The minimum Gasteiger partial charge on any atom is -0.376 e. The summed E-state index contributed by atoms with van der Waals surface area (Å²) < 4.78 is 7.97. The van der Waals surface area contributed by atoms with Crippen LogP contribution in [0.1, 0.15) is 37.8 Å². The van der Waals surface area contributed by atoms with Gasteiger partial charge in [-0.2, -0.15) is 4.98 Å². The van der Waals surface area contributed by atoms with Crippen molar-refractivity contribution in [3.63, 3.8) is 0 Å². The van der Waals surface area contributed by atoms with E-state index in [0.29, 0.717) is 25.1 Å². The van der Waals surface area contributed by atoms with Crippen LogP contribution in [0.5, 0.6) is 0 Å². The fourth-order valence-corrected chi connectivity index (χ4v) is 4.38. The zero-order valence-corrected chi connectivity index (χ0v) is 19.3. The molecule has 1 aliphatic carbocycles. The number of H-pyrrole nitrogens is 1. The minimum atomic E-state index is -0.682. The Labute approximate surface area is 191 Å². The number of nitrogens with zero attached hydrogens (tertiary/aromatic N) is 3. The molecule has 8 heteroatoms. The van der Waals surface area contributed by atoms with Crippen molar-refractivity contribution in [2.75, 3.05) is 6.61 Å². The van der Waals surface area contributed by atoms with Crippen molar-refractivity contribution in [3.8, 4) is 11.5 Å². The first-order valence-electron chi connectivity index (χ1n) is 11.0. The summed E-state index contributed by atoms with van der Waals surface area (Å²) in [6, 6.07) is 4.06. The Morgan fingerprint density at radius 2 is 2.09 bits per heavy atom. The lowest BCUT2D eigenvalue weighted by Gasteiger charge is -2.24. The number of ether oxygens (including phenoxy) is 1. The minimum absolute atomic E-state index is 0.0221. The van der Waals surface area contributed by atoms with Crippen LogP contribution in [0.25, 0.3) is 22.6 Å². The molecule has 4 rings (SSSR count). The summed E-state index contributed by atoms with van der Waals surface area (Å²) in [7, 11) is 0. The van der Waals surface area contributed by atoms with Gasteiger partial charge in [0.2, 0.25) is 0 Å². The molecule has 2 heterocycles. The second-order valence-corrected chi connectivity index (χ2v) is 8.62. The third-order valence-electron chi connectivity index (χ3n) is 5.82. The number of aryl methyl sites for hydroxylation is 2. The molecule has 3 aliphatic rings. The number of benzene rings is 1. The first kappa shape index (κ1) is 22.4. The number of aromatic nitrogens is 4. The van der Waals surface area contributed by atoms with E-state index in [9.17, 15) is 9.59 Å². The van der Waals surface area contributed by atoms with Gasteiger partial charge in [-0.25, -0.2) is 9.78 Å².